The minimum absolute atomic E-state index is 0.0596. The predicted octanol–water partition coefficient (Wildman–Crippen LogP) is 6.64. The third-order valence-electron chi connectivity index (χ3n) is 9.15. The highest BCUT2D eigenvalue weighted by atomic mass is 16.1. The van der Waals surface area contributed by atoms with Crippen LogP contribution in [0.1, 0.15) is 73.6 Å². The first-order chi connectivity index (χ1) is 14.1. The standard InChI is InChI=1S/C28H38O2/c1-17(2)18(3)10-11-19(4)22-16-24(30)26-25-21(12-14-28(22,26)6)27(5)13-8-7-9-20(27)15-23(25)29/h7,9-11,15,17-19,22,26H,8,12-14,16H2,1-6H3/b11-10+/t18-,19+,22+,26+,27-,28+/m0/s1. The Bertz CT molecular complexity index is 882. The Kier molecular flexibility index (Phi) is 5.36. The number of allylic oxidation sites excluding steroid dienone is 8. The van der Waals surface area contributed by atoms with Crippen LogP contribution in [-0.4, -0.2) is 11.6 Å². The van der Waals surface area contributed by atoms with E-state index in [1.165, 1.54) is 5.57 Å². The molecule has 1 fully saturated rings. The molecule has 0 radical (unpaired) electrons. The molecule has 0 amide bonds. The van der Waals surface area contributed by atoms with Crippen molar-refractivity contribution < 1.29 is 9.59 Å². The zero-order chi connectivity index (χ0) is 21.8. The van der Waals surface area contributed by atoms with Gasteiger partial charge >= 0.3 is 0 Å². The van der Waals surface area contributed by atoms with E-state index in [-0.39, 0.29) is 22.5 Å². The van der Waals surface area contributed by atoms with Gasteiger partial charge in [0.1, 0.15) is 5.78 Å². The summed E-state index contributed by atoms with van der Waals surface area (Å²) in [5, 5.41) is 0. The molecule has 6 atom stereocenters. The molecule has 4 rings (SSSR count). The van der Waals surface area contributed by atoms with E-state index in [1.807, 2.05) is 6.08 Å². The number of hydrogen-bond acceptors (Lipinski definition) is 2. The van der Waals surface area contributed by atoms with Gasteiger partial charge < -0.3 is 0 Å². The number of Topliss-reactive ketones (excluding diaryl/α,β-unsaturated/α-hetero) is 1. The highest BCUT2D eigenvalue weighted by Crippen LogP contribution is 2.62. The van der Waals surface area contributed by atoms with Gasteiger partial charge in [0.25, 0.3) is 0 Å². The lowest BCUT2D eigenvalue weighted by atomic mass is 9.54. The molecule has 0 aromatic carbocycles. The molecule has 0 heterocycles. The summed E-state index contributed by atoms with van der Waals surface area (Å²) in [7, 11) is 0. The number of hydrogen-bond donors (Lipinski definition) is 0. The first-order valence-corrected chi connectivity index (χ1v) is 12.0. The minimum atomic E-state index is -0.211. The molecule has 2 heteroatoms. The second-order valence-corrected chi connectivity index (χ2v) is 11.2. The maximum Gasteiger partial charge on any atom is 0.182 e. The third kappa shape index (κ3) is 3.13. The van der Waals surface area contributed by atoms with Crippen molar-refractivity contribution in [2.75, 3.05) is 0 Å². The van der Waals surface area contributed by atoms with Gasteiger partial charge in [-0.1, -0.05) is 71.4 Å². The molecule has 0 unspecified atom stereocenters. The Morgan fingerprint density at radius 2 is 1.80 bits per heavy atom. The monoisotopic (exact) mass is 406 g/mol. The van der Waals surface area contributed by atoms with Crippen LogP contribution < -0.4 is 0 Å². The zero-order valence-corrected chi connectivity index (χ0v) is 19.6. The topological polar surface area (TPSA) is 34.1 Å². The number of carbonyl (C=O) groups is 2. The van der Waals surface area contributed by atoms with Gasteiger partial charge in [-0.3, -0.25) is 9.59 Å². The van der Waals surface area contributed by atoms with Crippen molar-refractivity contribution >= 4 is 11.6 Å². The molecular formula is C28H38O2. The van der Waals surface area contributed by atoms with Crippen LogP contribution in [0.2, 0.25) is 0 Å². The number of ketones is 2. The van der Waals surface area contributed by atoms with Crippen molar-refractivity contribution in [1.29, 1.82) is 0 Å². The fourth-order valence-electron chi connectivity index (χ4n) is 6.69. The van der Waals surface area contributed by atoms with Crippen molar-refractivity contribution in [2.45, 2.75) is 73.6 Å². The molecule has 0 aliphatic heterocycles. The van der Waals surface area contributed by atoms with Crippen LogP contribution in [0.3, 0.4) is 0 Å². The van der Waals surface area contributed by atoms with Crippen LogP contribution in [0.15, 0.2) is 47.1 Å². The molecular weight excluding hydrogens is 368 g/mol. The summed E-state index contributed by atoms with van der Waals surface area (Å²) in [6, 6.07) is 0. The molecule has 2 nitrogen and oxygen atoms in total. The lowest BCUT2D eigenvalue weighted by Crippen LogP contribution is -2.43. The first-order valence-electron chi connectivity index (χ1n) is 12.0. The van der Waals surface area contributed by atoms with E-state index in [2.05, 4.69) is 65.8 Å². The van der Waals surface area contributed by atoms with E-state index in [0.29, 0.717) is 35.9 Å². The quantitative estimate of drug-likeness (QED) is 0.491. The lowest BCUT2D eigenvalue weighted by molar-refractivity contribution is -0.123. The van der Waals surface area contributed by atoms with E-state index in [4.69, 9.17) is 0 Å². The first kappa shape index (κ1) is 21.5. The lowest BCUT2D eigenvalue weighted by Gasteiger charge is -2.49. The summed E-state index contributed by atoms with van der Waals surface area (Å²) in [5.74, 6) is 2.02. The Morgan fingerprint density at radius 1 is 1.07 bits per heavy atom. The number of carbonyl (C=O) groups excluding carboxylic acids is 2. The van der Waals surface area contributed by atoms with Crippen LogP contribution >= 0.6 is 0 Å². The van der Waals surface area contributed by atoms with Gasteiger partial charge in [0.15, 0.2) is 5.78 Å². The molecule has 0 bridgehead atoms. The normalized spacial score (nSPS) is 37.9. The number of fused-ring (bicyclic) bond motifs is 4. The Balaban J connectivity index is 1.69. The molecule has 1 saturated carbocycles. The second kappa shape index (κ2) is 7.46. The van der Waals surface area contributed by atoms with E-state index in [0.717, 1.165) is 36.8 Å². The van der Waals surface area contributed by atoms with Crippen LogP contribution in [0, 0.1) is 40.4 Å². The molecule has 0 aromatic rings. The summed E-state index contributed by atoms with van der Waals surface area (Å²) in [4.78, 5) is 26.7. The number of rotatable bonds is 4. The summed E-state index contributed by atoms with van der Waals surface area (Å²) in [5.41, 5.74) is 3.15. The Morgan fingerprint density at radius 3 is 2.50 bits per heavy atom. The summed E-state index contributed by atoms with van der Waals surface area (Å²) in [6.07, 6.45) is 15.5. The predicted molar refractivity (Wildman–Crippen MR) is 123 cm³/mol. The Labute approximate surface area is 182 Å². The van der Waals surface area contributed by atoms with Crippen molar-refractivity contribution in [2.24, 2.45) is 40.4 Å². The van der Waals surface area contributed by atoms with Crippen LogP contribution in [-0.2, 0) is 9.59 Å². The van der Waals surface area contributed by atoms with Gasteiger partial charge in [-0.15, -0.1) is 0 Å². The highest BCUT2D eigenvalue weighted by molar-refractivity contribution is 6.12. The van der Waals surface area contributed by atoms with E-state index in [1.54, 1.807) is 0 Å². The molecule has 0 saturated heterocycles. The van der Waals surface area contributed by atoms with Crippen LogP contribution in [0.5, 0.6) is 0 Å². The molecule has 0 spiro atoms. The van der Waals surface area contributed by atoms with Gasteiger partial charge in [-0.25, -0.2) is 0 Å². The molecule has 4 aliphatic rings. The fourth-order valence-corrected chi connectivity index (χ4v) is 6.69. The molecule has 4 aliphatic carbocycles. The fraction of sp³-hybridized carbons (Fsp3) is 0.643. The van der Waals surface area contributed by atoms with Gasteiger partial charge in [-0.2, -0.15) is 0 Å². The van der Waals surface area contributed by atoms with Crippen molar-refractivity contribution in [3.05, 3.63) is 47.1 Å². The summed E-state index contributed by atoms with van der Waals surface area (Å²) >= 11 is 0. The zero-order valence-electron chi connectivity index (χ0n) is 19.6. The van der Waals surface area contributed by atoms with Crippen molar-refractivity contribution in [3.63, 3.8) is 0 Å². The smallest absolute Gasteiger partial charge is 0.182 e. The molecule has 162 valence electrons. The largest absolute Gasteiger partial charge is 0.299 e. The summed E-state index contributed by atoms with van der Waals surface area (Å²) < 4.78 is 0. The molecule has 30 heavy (non-hydrogen) atoms. The van der Waals surface area contributed by atoms with E-state index in [9.17, 15) is 9.59 Å². The van der Waals surface area contributed by atoms with E-state index >= 15 is 0 Å². The van der Waals surface area contributed by atoms with Gasteiger partial charge in [0.2, 0.25) is 0 Å². The Hall–Kier alpha value is -1.70. The van der Waals surface area contributed by atoms with Gasteiger partial charge in [-0.05, 0) is 66.4 Å². The maximum absolute atomic E-state index is 13.4. The van der Waals surface area contributed by atoms with Crippen molar-refractivity contribution in [3.8, 4) is 0 Å². The second-order valence-electron chi connectivity index (χ2n) is 11.2. The van der Waals surface area contributed by atoms with Crippen molar-refractivity contribution in [1.82, 2.24) is 0 Å². The van der Waals surface area contributed by atoms with Gasteiger partial charge in [0, 0.05) is 17.4 Å². The molecule has 0 aromatic heterocycles. The van der Waals surface area contributed by atoms with Gasteiger partial charge in [0.05, 0.1) is 5.92 Å². The van der Waals surface area contributed by atoms with E-state index < -0.39 is 0 Å². The third-order valence-corrected chi connectivity index (χ3v) is 9.15. The van der Waals surface area contributed by atoms with Crippen LogP contribution in [0.25, 0.3) is 0 Å². The van der Waals surface area contributed by atoms with Crippen LogP contribution in [0.4, 0.5) is 0 Å². The highest BCUT2D eigenvalue weighted by Gasteiger charge is 2.59. The average Bonchev–Trinajstić information content (AvgIpc) is 2.97. The summed E-state index contributed by atoms with van der Waals surface area (Å²) in [6.45, 7) is 13.6. The molecule has 0 N–H and O–H groups in total. The maximum atomic E-state index is 13.4. The SMILES string of the molecule is CC(C)[C@@H](C)/C=C/[C@@H](C)[C@H]1CC(=O)[C@@H]2C3=C(CC[C@@]21C)[C@@]1(C)CCC=CC1=CC3=O. The minimum Gasteiger partial charge on any atom is -0.299 e. The average molecular weight is 407 g/mol.